The van der Waals surface area contributed by atoms with Gasteiger partial charge >= 0.3 is 11.9 Å². The molecule has 1 aromatic rings. The van der Waals surface area contributed by atoms with Crippen molar-refractivity contribution in [2.45, 2.75) is 42.4 Å². The molecule has 2 heterocycles. The molecule has 2 N–H and O–H groups in total. The number of unbranched alkanes of at least 4 members (excludes halogenated alkanes) is 1. The van der Waals surface area contributed by atoms with Crippen molar-refractivity contribution in [1.29, 1.82) is 0 Å². The van der Waals surface area contributed by atoms with E-state index >= 15 is 0 Å². The summed E-state index contributed by atoms with van der Waals surface area (Å²) < 4.78 is 36.1. The highest BCUT2D eigenvalue weighted by Crippen LogP contribution is 2.28. The lowest BCUT2D eigenvalue weighted by atomic mass is 10.2. The zero-order valence-corrected chi connectivity index (χ0v) is 20.7. The molecule has 3 amide bonds. The normalized spacial score (nSPS) is 15.7. The highest BCUT2D eigenvalue weighted by molar-refractivity contribution is 8.76. The SMILES string of the molecule is O=C(CCCCC(=O)ON1C(=O)CC(S(=O)(=O)O)C1=O)NCC(=O)OCCSSc1ccccn1. The molecule has 1 atom stereocenters. The van der Waals surface area contributed by atoms with E-state index in [4.69, 9.17) is 9.29 Å². The van der Waals surface area contributed by atoms with Crippen LogP contribution in [0.5, 0.6) is 0 Å². The van der Waals surface area contributed by atoms with Gasteiger partial charge in [-0.25, -0.2) is 9.78 Å². The predicted molar refractivity (Wildman–Crippen MR) is 123 cm³/mol. The third-order valence-corrected chi connectivity index (χ3v) is 7.61. The second kappa shape index (κ2) is 14.0. The Labute approximate surface area is 208 Å². The van der Waals surface area contributed by atoms with Gasteiger partial charge in [0.1, 0.15) is 18.2 Å². The third kappa shape index (κ3) is 10.2. The number of nitrogens with one attached hydrogen (secondary N) is 1. The number of pyridine rings is 1. The lowest BCUT2D eigenvalue weighted by Gasteiger charge is -2.13. The maximum atomic E-state index is 11.8. The number of ether oxygens (including phenoxy) is 1. The van der Waals surface area contributed by atoms with Crippen LogP contribution in [0.15, 0.2) is 29.4 Å². The van der Waals surface area contributed by atoms with Gasteiger partial charge < -0.3 is 14.9 Å². The Bertz CT molecular complexity index is 1040. The molecule has 0 aliphatic carbocycles. The minimum absolute atomic E-state index is 0.00350. The van der Waals surface area contributed by atoms with Crippen LogP contribution in [0, 0.1) is 0 Å². The Balaban J connectivity index is 1.52. The number of nitrogens with zero attached hydrogens (tertiary/aromatic N) is 2. The molecule has 35 heavy (non-hydrogen) atoms. The molecule has 1 aliphatic heterocycles. The molecule has 1 aromatic heterocycles. The van der Waals surface area contributed by atoms with Gasteiger partial charge in [0.05, 0.1) is 6.42 Å². The summed E-state index contributed by atoms with van der Waals surface area (Å²) in [4.78, 5) is 67.4. The number of rotatable bonds is 14. The van der Waals surface area contributed by atoms with Gasteiger partial charge in [-0.3, -0.25) is 23.7 Å². The molecule has 1 aliphatic rings. The number of carbonyl (C=O) groups excluding carboxylic acids is 5. The van der Waals surface area contributed by atoms with Gasteiger partial charge in [-0.2, -0.15) is 8.42 Å². The van der Waals surface area contributed by atoms with Crippen LogP contribution < -0.4 is 5.32 Å². The van der Waals surface area contributed by atoms with E-state index in [-0.39, 0.29) is 43.9 Å². The van der Waals surface area contributed by atoms with Gasteiger partial charge in [0.15, 0.2) is 5.25 Å². The molecule has 16 heteroatoms. The van der Waals surface area contributed by atoms with Crippen molar-refractivity contribution in [3.63, 3.8) is 0 Å². The second-order valence-electron chi connectivity index (χ2n) is 6.97. The van der Waals surface area contributed by atoms with Crippen molar-refractivity contribution < 1.29 is 46.5 Å². The summed E-state index contributed by atoms with van der Waals surface area (Å²) in [5, 5.41) is 1.26. The van der Waals surface area contributed by atoms with Crippen LogP contribution in [0.3, 0.4) is 0 Å². The van der Waals surface area contributed by atoms with E-state index in [1.54, 1.807) is 6.20 Å². The lowest BCUT2D eigenvalue weighted by Crippen LogP contribution is -2.36. The minimum atomic E-state index is -4.80. The summed E-state index contributed by atoms with van der Waals surface area (Å²) in [6.07, 6.45) is 1.02. The summed E-state index contributed by atoms with van der Waals surface area (Å²) in [6, 6.07) is 5.54. The van der Waals surface area contributed by atoms with Crippen molar-refractivity contribution >= 4 is 61.4 Å². The molecule has 0 bridgehead atoms. The van der Waals surface area contributed by atoms with Crippen LogP contribution in [0.25, 0.3) is 0 Å². The van der Waals surface area contributed by atoms with Crippen LogP contribution >= 0.6 is 21.6 Å². The highest BCUT2D eigenvalue weighted by Gasteiger charge is 2.48. The Hall–Kier alpha value is -2.69. The van der Waals surface area contributed by atoms with Gasteiger partial charge in [0.2, 0.25) is 5.91 Å². The fourth-order valence-electron chi connectivity index (χ4n) is 2.61. The third-order valence-electron chi connectivity index (χ3n) is 4.29. The Kier molecular flexibility index (Phi) is 11.4. The van der Waals surface area contributed by atoms with E-state index in [1.165, 1.54) is 21.6 Å². The van der Waals surface area contributed by atoms with Gasteiger partial charge in [0, 0.05) is 24.8 Å². The molecule has 13 nitrogen and oxygen atoms in total. The standard InChI is InChI=1S/C19H23N3O10S3/c23-14(21-12-18(26)31-9-10-33-34-15-6-3-4-8-20-15)5-1-2-7-17(25)32-22-16(24)11-13(19(22)27)35(28,29)30/h3-4,6,8,13H,1-2,5,7,9-12H2,(H,21,23)(H,28,29,30). The lowest BCUT2D eigenvalue weighted by molar-refractivity contribution is -0.197. The summed E-state index contributed by atoms with van der Waals surface area (Å²) in [7, 11) is -1.87. The zero-order chi connectivity index (χ0) is 25.8. The molecule has 0 spiro atoms. The first-order valence-corrected chi connectivity index (χ1v) is 14.1. The molecule has 2 rings (SSSR count). The molecule has 0 aromatic carbocycles. The summed E-state index contributed by atoms with van der Waals surface area (Å²) in [5.41, 5.74) is 0. The highest BCUT2D eigenvalue weighted by atomic mass is 33.1. The molecule has 1 fully saturated rings. The van der Waals surface area contributed by atoms with E-state index in [0.717, 1.165) is 5.03 Å². The monoisotopic (exact) mass is 549 g/mol. The first kappa shape index (κ1) is 28.5. The number of imide groups is 1. The maximum Gasteiger partial charge on any atom is 0.333 e. The van der Waals surface area contributed by atoms with Crippen LogP contribution in [0.4, 0.5) is 0 Å². The Morgan fingerprint density at radius 2 is 1.91 bits per heavy atom. The van der Waals surface area contributed by atoms with Crippen LogP contribution in [0.1, 0.15) is 32.1 Å². The largest absolute Gasteiger partial charge is 0.463 e. The predicted octanol–water partition coefficient (Wildman–Crippen LogP) is 0.515. The number of esters is 1. The summed E-state index contributed by atoms with van der Waals surface area (Å²) in [6.45, 7) is -0.124. The molecule has 1 saturated heterocycles. The quantitative estimate of drug-likeness (QED) is 0.108. The molecule has 0 radical (unpaired) electrons. The Morgan fingerprint density at radius 1 is 1.17 bits per heavy atom. The van der Waals surface area contributed by atoms with Crippen molar-refractivity contribution in [1.82, 2.24) is 15.4 Å². The smallest absolute Gasteiger partial charge is 0.333 e. The number of amides is 3. The Morgan fingerprint density at radius 3 is 2.57 bits per heavy atom. The van der Waals surface area contributed by atoms with Gasteiger partial charge in [-0.1, -0.05) is 16.9 Å². The van der Waals surface area contributed by atoms with Crippen molar-refractivity contribution in [3.05, 3.63) is 24.4 Å². The summed E-state index contributed by atoms with van der Waals surface area (Å²) in [5.74, 6) is -3.87. The number of carbonyl (C=O) groups is 5. The van der Waals surface area contributed by atoms with Gasteiger partial charge in [-0.05, 0) is 35.8 Å². The number of aromatic nitrogens is 1. The van der Waals surface area contributed by atoms with Gasteiger partial charge in [-0.15, -0.1) is 5.06 Å². The summed E-state index contributed by atoms with van der Waals surface area (Å²) >= 11 is 0. The minimum Gasteiger partial charge on any atom is -0.463 e. The van der Waals surface area contributed by atoms with Crippen molar-refractivity contribution in [2.24, 2.45) is 0 Å². The molecule has 192 valence electrons. The fourth-order valence-corrected chi connectivity index (χ4v) is 5.02. The van der Waals surface area contributed by atoms with Gasteiger partial charge in [0.25, 0.3) is 21.9 Å². The molecular weight excluding hydrogens is 526 g/mol. The molecular formula is C19H23N3O10S3. The number of hydrogen-bond acceptors (Lipinski definition) is 12. The van der Waals surface area contributed by atoms with E-state index in [9.17, 15) is 32.4 Å². The fraction of sp³-hybridized carbons (Fsp3) is 0.474. The van der Waals surface area contributed by atoms with Crippen LogP contribution in [-0.4, -0.2) is 76.8 Å². The van der Waals surface area contributed by atoms with E-state index < -0.39 is 51.4 Å². The molecule has 1 unspecified atom stereocenters. The average Bonchev–Trinajstić information content (AvgIpc) is 3.09. The van der Waals surface area contributed by atoms with Crippen molar-refractivity contribution in [3.8, 4) is 0 Å². The molecule has 0 saturated carbocycles. The topological polar surface area (TPSA) is 186 Å². The zero-order valence-electron chi connectivity index (χ0n) is 18.3. The van der Waals surface area contributed by atoms with Crippen LogP contribution in [0.2, 0.25) is 0 Å². The second-order valence-corrected chi connectivity index (χ2v) is 11.0. The van der Waals surface area contributed by atoms with Crippen LogP contribution in [-0.2, 0) is 43.7 Å². The number of hydrogen-bond donors (Lipinski definition) is 2. The first-order valence-electron chi connectivity index (χ1n) is 10.2. The van der Waals surface area contributed by atoms with E-state index in [1.807, 2.05) is 18.2 Å². The van der Waals surface area contributed by atoms with Crippen molar-refractivity contribution in [2.75, 3.05) is 18.9 Å². The van der Waals surface area contributed by atoms with E-state index in [2.05, 4.69) is 15.1 Å². The van der Waals surface area contributed by atoms with E-state index in [0.29, 0.717) is 5.75 Å². The first-order chi connectivity index (χ1) is 16.6. The maximum absolute atomic E-state index is 11.8. The average molecular weight is 550 g/mol. The number of hydroxylamine groups is 2.